The Labute approximate surface area is 69.0 Å². The summed E-state index contributed by atoms with van der Waals surface area (Å²) in [6, 6.07) is 0.565. The molecule has 4 N–H and O–H groups in total. The van der Waals surface area contributed by atoms with Crippen LogP contribution in [-0.4, -0.2) is 30.3 Å². The van der Waals surface area contributed by atoms with Crippen LogP contribution in [0.5, 0.6) is 0 Å². The van der Waals surface area contributed by atoms with Crippen molar-refractivity contribution < 1.29 is 5.11 Å². The average Bonchev–Trinajstić information content (AvgIpc) is 2.07. The normalized spacial score (nSPS) is 13.9. The molecule has 11 heavy (non-hydrogen) atoms. The lowest BCUT2D eigenvalue weighted by Crippen LogP contribution is -2.44. The van der Waals surface area contributed by atoms with Crippen LogP contribution < -0.4 is 11.1 Å². The predicted molar refractivity (Wildman–Crippen MR) is 47.4 cm³/mol. The molecule has 0 saturated carbocycles. The Hall–Kier alpha value is -0.120. The topological polar surface area (TPSA) is 58.3 Å². The molecule has 0 amide bonds. The summed E-state index contributed by atoms with van der Waals surface area (Å²) in [6.45, 7) is 4.90. The van der Waals surface area contributed by atoms with E-state index < -0.39 is 0 Å². The van der Waals surface area contributed by atoms with Crippen molar-refractivity contribution in [1.29, 1.82) is 0 Å². The quantitative estimate of drug-likeness (QED) is 0.516. The Morgan fingerprint density at radius 2 is 1.82 bits per heavy atom. The summed E-state index contributed by atoms with van der Waals surface area (Å²) in [5.41, 5.74) is 5.42. The van der Waals surface area contributed by atoms with Gasteiger partial charge in [-0.2, -0.15) is 0 Å². The first-order valence-corrected chi connectivity index (χ1v) is 4.35. The minimum atomic E-state index is 0.0694. The molecule has 0 aromatic rings. The van der Waals surface area contributed by atoms with E-state index in [9.17, 15) is 0 Å². The molecule has 1 atom stereocenters. The van der Waals surface area contributed by atoms with Gasteiger partial charge in [-0.25, -0.2) is 0 Å². The standard InChI is InChI=1S/C8H20N2O/c1-3-7(4-2)10-8(5-9)6-11/h7-8,10-11H,3-6,9H2,1-2H3. The van der Waals surface area contributed by atoms with Crippen LogP contribution in [0.15, 0.2) is 0 Å². The number of hydrogen-bond donors (Lipinski definition) is 3. The molecule has 68 valence electrons. The number of aliphatic hydroxyl groups is 1. The first-order chi connectivity index (χ1) is 5.28. The van der Waals surface area contributed by atoms with Crippen LogP contribution in [0.4, 0.5) is 0 Å². The zero-order chi connectivity index (χ0) is 8.69. The van der Waals surface area contributed by atoms with Gasteiger partial charge in [0.05, 0.1) is 6.61 Å². The first kappa shape index (κ1) is 10.9. The average molecular weight is 160 g/mol. The number of rotatable bonds is 6. The van der Waals surface area contributed by atoms with Crippen molar-refractivity contribution in [2.24, 2.45) is 5.73 Å². The zero-order valence-electron chi connectivity index (χ0n) is 7.51. The van der Waals surface area contributed by atoms with Crippen molar-refractivity contribution >= 4 is 0 Å². The van der Waals surface area contributed by atoms with E-state index in [0.717, 1.165) is 12.8 Å². The molecule has 0 aliphatic heterocycles. The summed E-state index contributed by atoms with van der Waals surface area (Å²) in [7, 11) is 0. The van der Waals surface area contributed by atoms with E-state index in [-0.39, 0.29) is 12.6 Å². The van der Waals surface area contributed by atoms with E-state index in [2.05, 4.69) is 19.2 Å². The van der Waals surface area contributed by atoms with Crippen LogP contribution in [0.2, 0.25) is 0 Å². The minimum Gasteiger partial charge on any atom is -0.395 e. The largest absolute Gasteiger partial charge is 0.395 e. The summed E-state index contributed by atoms with van der Waals surface area (Å²) < 4.78 is 0. The van der Waals surface area contributed by atoms with E-state index in [1.807, 2.05) is 0 Å². The molecular formula is C8H20N2O. The van der Waals surface area contributed by atoms with Gasteiger partial charge >= 0.3 is 0 Å². The molecule has 0 heterocycles. The van der Waals surface area contributed by atoms with E-state index in [1.165, 1.54) is 0 Å². The van der Waals surface area contributed by atoms with Crippen LogP contribution in [0.1, 0.15) is 26.7 Å². The fraction of sp³-hybridized carbons (Fsp3) is 1.00. The van der Waals surface area contributed by atoms with Gasteiger partial charge < -0.3 is 16.2 Å². The smallest absolute Gasteiger partial charge is 0.0597 e. The molecule has 0 saturated heterocycles. The lowest BCUT2D eigenvalue weighted by atomic mass is 10.1. The Morgan fingerprint density at radius 1 is 1.27 bits per heavy atom. The van der Waals surface area contributed by atoms with Crippen molar-refractivity contribution in [3.05, 3.63) is 0 Å². The Bertz CT molecular complexity index is 70.2. The fourth-order valence-corrected chi connectivity index (χ4v) is 1.05. The van der Waals surface area contributed by atoms with Crippen LogP contribution in [-0.2, 0) is 0 Å². The predicted octanol–water partition coefficient (Wildman–Crippen LogP) is 0.0842. The summed E-state index contributed by atoms with van der Waals surface area (Å²) in [6.07, 6.45) is 2.18. The van der Waals surface area contributed by atoms with Crippen LogP contribution in [0.25, 0.3) is 0 Å². The number of aliphatic hydroxyl groups excluding tert-OH is 1. The SMILES string of the molecule is CCC(CC)NC(CN)CO. The molecular weight excluding hydrogens is 140 g/mol. The maximum atomic E-state index is 8.82. The highest BCUT2D eigenvalue weighted by atomic mass is 16.3. The Balaban J connectivity index is 3.58. The fourth-order valence-electron chi connectivity index (χ4n) is 1.05. The summed E-state index contributed by atoms with van der Waals surface area (Å²) in [5.74, 6) is 0. The second-order valence-electron chi connectivity index (χ2n) is 2.80. The number of nitrogens with one attached hydrogen (secondary N) is 1. The molecule has 0 aromatic heterocycles. The lowest BCUT2D eigenvalue weighted by molar-refractivity contribution is 0.231. The second kappa shape index (κ2) is 6.58. The number of nitrogens with two attached hydrogens (primary N) is 1. The van der Waals surface area contributed by atoms with Gasteiger partial charge in [0.1, 0.15) is 0 Å². The number of hydrogen-bond acceptors (Lipinski definition) is 3. The van der Waals surface area contributed by atoms with Gasteiger partial charge in [-0.1, -0.05) is 13.8 Å². The molecule has 0 aliphatic rings. The molecule has 1 unspecified atom stereocenters. The molecule has 0 bridgehead atoms. The third-order valence-corrected chi connectivity index (χ3v) is 1.96. The summed E-state index contributed by atoms with van der Waals surface area (Å²) in [5, 5.41) is 12.1. The van der Waals surface area contributed by atoms with Crippen molar-refractivity contribution in [3.63, 3.8) is 0 Å². The van der Waals surface area contributed by atoms with Gasteiger partial charge in [0.25, 0.3) is 0 Å². The molecule has 0 aromatic carbocycles. The van der Waals surface area contributed by atoms with Gasteiger partial charge in [0, 0.05) is 18.6 Å². The lowest BCUT2D eigenvalue weighted by Gasteiger charge is -2.21. The highest BCUT2D eigenvalue weighted by Crippen LogP contribution is 1.97. The summed E-state index contributed by atoms with van der Waals surface area (Å²) in [4.78, 5) is 0. The van der Waals surface area contributed by atoms with Gasteiger partial charge in [-0.15, -0.1) is 0 Å². The van der Waals surface area contributed by atoms with E-state index in [4.69, 9.17) is 10.8 Å². The zero-order valence-corrected chi connectivity index (χ0v) is 7.51. The molecule has 0 radical (unpaired) electrons. The first-order valence-electron chi connectivity index (χ1n) is 4.35. The highest BCUT2D eigenvalue weighted by molar-refractivity contribution is 4.72. The maximum absolute atomic E-state index is 8.82. The van der Waals surface area contributed by atoms with Crippen molar-refractivity contribution in [3.8, 4) is 0 Å². The Morgan fingerprint density at radius 3 is 2.09 bits per heavy atom. The molecule has 3 nitrogen and oxygen atoms in total. The van der Waals surface area contributed by atoms with Crippen molar-refractivity contribution in [1.82, 2.24) is 5.32 Å². The molecule has 0 aliphatic carbocycles. The monoisotopic (exact) mass is 160 g/mol. The van der Waals surface area contributed by atoms with Gasteiger partial charge in [0.15, 0.2) is 0 Å². The minimum absolute atomic E-state index is 0.0694. The van der Waals surface area contributed by atoms with Crippen LogP contribution >= 0.6 is 0 Å². The van der Waals surface area contributed by atoms with Gasteiger partial charge in [-0.05, 0) is 12.8 Å². The van der Waals surface area contributed by atoms with Crippen LogP contribution in [0.3, 0.4) is 0 Å². The van der Waals surface area contributed by atoms with E-state index in [1.54, 1.807) is 0 Å². The van der Waals surface area contributed by atoms with E-state index >= 15 is 0 Å². The van der Waals surface area contributed by atoms with Crippen molar-refractivity contribution in [2.75, 3.05) is 13.2 Å². The third-order valence-electron chi connectivity index (χ3n) is 1.96. The van der Waals surface area contributed by atoms with Gasteiger partial charge in [0.2, 0.25) is 0 Å². The second-order valence-corrected chi connectivity index (χ2v) is 2.80. The van der Waals surface area contributed by atoms with Crippen LogP contribution in [0, 0.1) is 0 Å². The van der Waals surface area contributed by atoms with Crippen molar-refractivity contribution in [2.45, 2.75) is 38.8 Å². The van der Waals surface area contributed by atoms with Gasteiger partial charge in [-0.3, -0.25) is 0 Å². The molecule has 0 fully saturated rings. The Kier molecular flexibility index (Phi) is 6.51. The molecule has 3 heteroatoms. The maximum Gasteiger partial charge on any atom is 0.0597 e. The van der Waals surface area contributed by atoms with E-state index in [0.29, 0.717) is 12.6 Å². The highest BCUT2D eigenvalue weighted by Gasteiger charge is 2.09. The molecule has 0 rings (SSSR count). The summed E-state index contributed by atoms with van der Waals surface area (Å²) >= 11 is 0. The molecule has 0 spiro atoms. The third kappa shape index (κ3) is 4.35.